The van der Waals surface area contributed by atoms with Crippen LogP contribution in [0.25, 0.3) is 0 Å². The monoisotopic (exact) mass is 388 g/mol. The predicted molar refractivity (Wildman–Crippen MR) is 109 cm³/mol. The molecule has 2 aromatic carbocycles. The van der Waals surface area contributed by atoms with Gasteiger partial charge in [-0.05, 0) is 35.4 Å². The normalized spacial score (nSPS) is 11.0. The van der Waals surface area contributed by atoms with E-state index in [2.05, 4.69) is 15.6 Å². The summed E-state index contributed by atoms with van der Waals surface area (Å²) in [6.45, 7) is 1.22. The van der Waals surface area contributed by atoms with Crippen LogP contribution >= 0.6 is 11.6 Å². The maximum Gasteiger partial charge on any atom is 0.241 e. The number of amides is 1. The zero-order valence-corrected chi connectivity index (χ0v) is 16.6. The third-order valence-electron chi connectivity index (χ3n) is 3.86. The van der Waals surface area contributed by atoms with Gasteiger partial charge in [0.05, 0.1) is 20.2 Å². The average molecular weight is 389 g/mol. The maximum absolute atomic E-state index is 11.9. The molecule has 27 heavy (non-hydrogen) atoms. The lowest BCUT2D eigenvalue weighted by atomic mass is 10.2. The van der Waals surface area contributed by atoms with Crippen LogP contribution in [-0.4, -0.2) is 44.5 Å². The van der Waals surface area contributed by atoms with Gasteiger partial charge in [0, 0.05) is 25.7 Å². The number of hydrogen-bond donors (Lipinski definition) is 2. The Balaban J connectivity index is 2.02. The number of benzene rings is 2. The number of carbonyl (C=O) groups is 1. The van der Waals surface area contributed by atoms with E-state index in [1.54, 1.807) is 21.2 Å². The summed E-state index contributed by atoms with van der Waals surface area (Å²) in [5.74, 6) is 1.34. The zero-order chi connectivity index (χ0) is 19.6. The van der Waals surface area contributed by atoms with Crippen molar-refractivity contribution in [2.75, 3.05) is 27.7 Å². The second-order valence-electron chi connectivity index (χ2n) is 6.13. The van der Waals surface area contributed by atoms with Gasteiger partial charge in [0.1, 0.15) is 5.75 Å². The van der Waals surface area contributed by atoms with Crippen LogP contribution in [0.15, 0.2) is 53.5 Å². The number of likely N-dealkylation sites (N-methyl/N-ethyl adjacent to an activating group) is 1. The zero-order valence-electron chi connectivity index (χ0n) is 15.8. The fourth-order valence-electron chi connectivity index (χ4n) is 2.18. The molecule has 0 atom stereocenters. The van der Waals surface area contributed by atoms with E-state index in [0.717, 1.165) is 16.9 Å². The highest BCUT2D eigenvalue weighted by Gasteiger charge is 2.06. The number of guanidine groups is 1. The molecule has 0 aliphatic carbocycles. The minimum absolute atomic E-state index is 0.0274. The minimum atomic E-state index is -0.0274. The molecule has 0 aliphatic rings. The van der Waals surface area contributed by atoms with Crippen molar-refractivity contribution in [2.45, 2.75) is 13.1 Å². The van der Waals surface area contributed by atoms with Crippen molar-refractivity contribution in [3.63, 3.8) is 0 Å². The first-order valence-corrected chi connectivity index (χ1v) is 8.95. The van der Waals surface area contributed by atoms with Gasteiger partial charge in [-0.1, -0.05) is 35.9 Å². The van der Waals surface area contributed by atoms with Gasteiger partial charge in [-0.15, -0.1) is 0 Å². The highest BCUT2D eigenvalue weighted by molar-refractivity contribution is 6.30. The summed E-state index contributed by atoms with van der Waals surface area (Å²) < 4.78 is 5.17. The van der Waals surface area contributed by atoms with Gasteiger partial charge in [0.25, 0.3) is 0 Å². The van der Waals surface area contributed by atoms with Crippen molar-refractivity contribution in [3.8, 4) is 5.75 Å². The smallest absolute Gasteiger partial charge is 0.241 e. The van der Waals surface area contributed by atoms with Crippen molar-refractivity contribution in [3.05, 3.63) is 64.7 Å². The Morgan fingerprint density at radius 3 is 2.26 bits per heavy atom. The molecule has 0 aromatic heterocycles. The maximum atomic E-state index is 11.9. The predicted octanol–water partition coefficient (Wildman–Crippen LogP) is 2.67. The number of ether oxygens (including phenoxy) is 1. The van der Waals surface area contributed by atoms with Crippen LogP contribution in [0.1, 0.15) is 11.1 Å². The first kappa shape index (κ1) is 20.6. The molecule has 0 aliphatic heterocycles. The van der Waals surface area contributed by atoms with Gasteiger partial charge in [0.15, 0.2) is 5.96 Å². The second kappa shape index (κ2) is 10.4. The van der Waals surface area contributed by atoms with Crippen LogP contribution in [-0.2, 0) is 17.9 Å². The number of hydrogen-bond acceptors (Lipinski definition) is 3. The third-order valence-corrected chi connectivity index (χ3v) is 4.11. The summed E-state index contributed by atoms with van der Waals surface area (Å²) in [5.41, 5.74) is 2.11. The van der Waals surface area contributed by atoms with E-state index >= 15 is 0 Å². The first-order chi connectivity index (χ1) is 13.0. The molecular formula is C20H25ClN4O2. The van der Waals surface area contributed by atoms with Crippen molar-refractivity contribution in [2.24, 2.45) is 4.99 Å². The molecule has 0 spiro atoms. The van der Waals surface area contributed by atoms with E-state index < -0.39 is 0 Å². The Kier molecular flexibility index (Phi) is 7.95. The Labute approximate surface area is 165 Å². The van der Waals surface area contributed by atoms with Gasteiger partial charge in [-0.2, -0.15) is 0 Å². The Bertz CT molecular complexity index is 759. The average Bonchev–Trinajstić information content (AvgIpc) is 2.68. The SMILES string of the molecule is COc1ccc(CN=C(NCC(=O)N(C)C)NCc2ccc(Cl)cc2)cc1. The van der Waals surface area contributed by atoms with Crippen molar-refractivity contribution >= 4 is 23.5 Å². The van der Waals surface area contributed by atoms with Gasteiger partial charge >= 0.3 is 0 Å². The molecule has 7 heteroatoms. The molecule has 0 heterocycles. The van der Waals surface area contributed by atoms with E-state index in [4.69, 9.17) is 16.3 Å². The molecule has 0 bridgehead atoms. The van der Waals surface area contributed by atoms with E-state index in [1.165, 1.54) is 4.90 Å². The molecular weight excluding hydrogens is 364 g/mol. The number of methoxy groups -OCH3 is 1. The van der Waals surface area contributed by atoms with Crippen LogP contribution in [0, 0.1) is 0 Å². The lowest BCUT2D eigenvalue weighted by Crippen LogP contribution is -2.42. The van der Waals surface area contributed by atoms with Crippen molar-refractivity contribution in [1.29, 1.82) is 0 Å². The van der Waals surface area contributed by atoms with E-state index in [1.807, 2.05) is 48.5 Å². The summed E-state index contributed by atoms with van der Waals surface area (Å²) in [6, 6.07) is 15.3. The second-order valence-corrected chi connectivity index (χ2v) is 6.57. The van der Waals surface area contributed by atoms with Gasteiger partial charge in [-0.3, -0.25) is 4.79 Å². The summed E-state index contributed by atoms with van der Waals surface area (Å²) in [4.78, 5) is 18.0. The quantitative estimate of drug-likeness (QED) is 0.565. The van der Waals surface area contributed by atoms with Crippen molar-refractivity contribution in [1.82, 2.24) is 15.5 Å². The molecule has 144 valence electrons. The van der Waals surface area contributed by atoms with Crippen LogP contribution in [0.3, 0.4) is 0 Å². The molecule has 2 aromatic rings. The van der Waals surface area contributed by atoms with E-state index in [0.29, 0.717) is 24.1 Å². The molecule has 2 rings (SSSR count). The number of rotatable bonds is 7. The standard InChI is InChI=1S/C20H25ClN4O2/c1-25(2)19(26)14-24-20(22-12-15-4-8-17(21)9-5-15)23-13-16-6-10-18(27-3)11-7-16/h4-11H,12-14H2,1-3H3,(H2,22,23,24). The molecule has 2 N–H and O–H groups in total. The fraction of sp³-hybridized carbons (Fsp3) is 0.300. The molecule has 0 unspecified atom stereocenters. The molecule has 0 radical (unpaired) electrons. The van der Waals surface area contributed by atoms with Gasteiger partial charge in [0.2, 0.25) is 5.91 Å². The number of nitrogens with one attached hydrogen (secondary N) is 2. The first-order valence-electron chi connectivity index (χ1n) is 8.57. The minimum Gasteiger partial charge on any atom is -0.497 e. The van der Waals surface area contributed by atoms with Gasteiger partial charge in [-0.25, -0.2) is 4.99 Å². The van der Waals surface area contributed by atoms with Crippen molar-refractivity contribution < 1.29 is 9.53 Å². The summed E-state index contributed by atoms with van der Waals surface area (Å²) in [5, 5.41) is 7.01. The highest BCUT2D eigenvalue weighted by Crippen LogP contribution is 2.12. The van der Waals surface area contributed by atoms with Crippen LogP contribution in [0.5, 0.6) is 5.75 Å². The Hall–Kier alpha value is -2.73. The Morgan fingerprint density at radius 1 is 1.04 bits per heavy atom. The lowest BCUT2D eigenvalue weighted by Gasteiger charge is -2.15. The van der Waals surface area contributed by atoms with E-state index in [-0.39, 0.29) is 12.5 Å². The lowest BCUT2D eigenvalue weighted by molar-refractivity contribution is -0.127. The summed E-state index contributed by atoms with van der Waals surface area (Å²) in [7, 11) is 5.08. The van der Waals surface area contributed by atoms with Gasteiger partial charge < -0.3 is 20.3 Å². The molecule has 6 nitrogen and oxygen atoms in total. The molecule has 0 saturated carbocycles. The largest absolute Gasteiger partial charge is 0.497 e. The number of carbonyl (C=O) groups excluding carboxylic acids is 1. The Morgan fingerprint density at radius 2 is 1.67 bits per heavy atom. The molecule has 1 amide bonds. The number of aliphatic imine (C=N–C) groups is 1. The van der Waals surface area contributed by atoms with Crippen LogP contribution < -0.4 is 15.4 Å². The highest BCUT2D eigenvalue weighted by atomic mass is 35.5. The van der Waals surface area contributed by atoms with Crippen LogP contribution in [0.2, 0.25) is 5.02 Å². The third kappa shape index (κ3) is 7.19. The molecule has 0 fully saturated rings. The number of nitrogens with zero attached hydrogens (tertiary/aromatic N) is 2. The fourth-order valence-corrected chi connectivity index (χ4v) is 2.31. The summed E-state index contributed by atoms with van der Waals surface area (Å²) in [6.07, 6.45) is 0. The number of halogens is 1. The van der Waals surface area contributed by atoms with Crippen LogP contribution in [0.4, 0.5) is 0 Å². The summed E-state index contributed by atoms with van der Waals surface area (Å²) >= 11 is 5.92. The van der Waals surface area contributed by atoms with E-state index in [9.17, 15) is 4.79 Å². The molecule has 0 saturated heterocycles. The topological polar surface area (TPSA) is 66.0 Å².